The SMILES string of the molecule is Cc1noc(-c2ccccc2-c2c(C(=O)O)c(N)[nH]c(=O)c2C(=O)O)n1. The molecule has 0 saturated carbocycles. The molecule has 0 aliphatic carbocycles. The highest BCUT2D eigenvalue weighted by atomic mass is 16.5. The maximum absolute atomic E-state index is 12.1. The van der Waals surface area contributed by atoms with Gasteiger partial charge in [-0.1, -0.05) is 23.4 Å². The molecule has 10 nitrogen and oxygen atoms in total. The maximum Gasteiger partial charge on any atom is 0.342 e. The fraction of sp³-hybridized carbons (Fsp3) is 0.0625. The molecule has 0 fully saturated rings. The van der Waals surface area contributed by atoms with Crippen LogP contribution in [0.25, 0.3) is 22.6 Å². The van der Waals surface area contributed by atoms with Crippen molar-refractivity contribution in [2.45, 2.75) is 6.92 Å². The van der Waals surface area contributed by atoms with Crippen LogP contribution < -0.4 is 11.3 Å². The van der Waals surface area contributed by atoms with Gasteiger partial charge in [-0.05, 0) is 18.6 Å². The van der Waals surface area contributed by atoms with E-state index in [0.717, 1.165) is 0 Å². The maximum atomic E-state index is 12.1. The van der Waals surface area contributed by atoms with E-state index in [4.69, 9.17) is 10.3 Å². The number of anilines is 1. The van der Waals surface area contributed by atoms with Crippen LogP contribution in [0.15, 0.2) is 33.6 Å². The zero-order chi connectivity index (χ0) is 19.0. The lowest BCUT2D eigenvalue weighted by Crippen LogP contribution is -2.24. The minimum Gasteiger partial charge on any atom is -0.478 e. The smallest absolute Gasteiger partial charge is 0.342 e. The number of pyridine rings is 1. The van der Waals surface area contributed by atoms with Crippen molar-refractivity contribution in [2.75, 3.05) is 5.73 Å². The van der Waals surface area contributed by atoms with Crippen LogP contribution in [0.2, 0.25) is 0 Å². The van der Waals surface area contributed by atoms with E-state index in [2.05, 4.69) is 15.1 Å². The Morgan fingerprint density at radius 2 is 1.73 bits per heavy atom. The van der Waals surface area contributed by atoms with Crippen molar-refractivity contribution in [2.24, 2.45) is 0 Å². The number of hydrogen-bond donors (Lipinski definition) is 4. The van der Waals surface area contributed by atoms with Gasteiger partial charge in [0.2, 0.25) is 0 Å². The van der Waals surface area contributed by atoms with Gasteiger partial charge in [0.25, 0.3) is 11.4 Å². The third-order valence-corrected chi connectivity index (χ3v) is 3.63. The molecule has 2 heterocycles. The number of nitrogens with one attached hydrogen (secondary N) is 1. The Hall–Kier alpha value is -3.95. The third-order valence-electron chi connectivity index (χ3n) is 3.63. The van der Waals surface area contributed by atoms with Gasteiger partial charge in [0.15, 0.2) is 5.82 Å². The first-order chi connectivity index (χ1) is 12.3. The molecule has 0 unspecified atom stereocenters. The summed E-state index contributed by atoms with van der Waals surface area (Å²) in [6, 6.07) is 6.16. The van der Waals surface area contributed by atoms with Crippen molar-refractivity contribution in [1.29, 1.82) is 0 Å². The minimum atomic E-state index is -1.60. The number of carboxylic acids is 2. The molecule has 3 aromatic rings. The molecule has 5 N–H and O–H groups in total. The molecule has 10 heteroatoms. The predicted octanol–water partition coefficient (Wildman–Crippen LogP) is 1.38. The molecule has 0 bridgehead atoms. The van der Waals surface area contributed by atoms with Gasteiger partial charge in [-0.3, -0.25) is 4.79 Å². The van der Waals surface area contributed by atoms with Gasteiger partial charge in [-0.15, -0.1) is 0 Å². The first kappa shape index (κ1) is 16.9. The molecule has 0 amide bonds. The molecule has 132 valence electrons. The van der Waals surface area contributed by atoms with Crippen LogP contribution in [0.1, 0.15) is 26.5 Å². The average Bonchev–Trinajstić information content (AvgIpc) is 2.99. The average molecular weight is 356 g/mol. The Kier molecular flexibility index (Phi) is 4.01. The minimum absolute atomic E-state index is 0.0460. The summed E-state index contributed by atoms with van der Waals surface area (Å²) in [4.78, 5) is 41.6. The number of aromatic amines is 1. The molecule has 0 aliphatic rings. The van der Waals surface area contributed by atoms with Gasteiger partial charge < -0.3 is 25.5 Å². The standard InChI is InChI=1S/C16H12N4O6/c1-6-18-14(26-20-6)8-5-3-2-4-7(8)9-10(15(22)23)12(17)19-13(21)11(9)16(24)25/h2-5H,1H3,(H,22,23)(H,24,25)(H3,17,19,21). The summed E-state index contributed by atoms with van der Waals surface area (Å²) < 4.78 is 5.10. The number of aromatic nitrogens is 3. The lowest BCUT2D eigenvalue weighted by Gasteiger charge is -2.14. The normalized spacial score (nSPS) is 10.7. The Morgan fingerprint density at radius 3 is 2.27 bits per heavy atom. The fourth-order valence-corrected chi connectivity index (χ4v) is 2.61. The number of rotatable bonds is 4. The Balaban J connectivity index is 2.47. The van der Waals surface area contributed by atoms with E-state index in [0.29, 0.717) is 5.82 Å². The van der Waals surface area contributed by atoms with Gasteiger partial charge >= 0.3 is 11.9 Å². The van der Waals surface area contributed by atoms with Crippen molar-refractivity contribution in [3.05, 3.63) is 51.6 Å². The Labute approximate surface area is 144 Å². The van der Waals surface area contributed by atoms with Crippen LogP contribution in [0.4, 0.5) is 5.82 Å². The van der Waals surface area contributed by atoms with E-state index in [1.807, 2.05) is 0 Å². The van der Waals surface area contributed by atoms with Crippen LogP contribution in [0, 0.1) is 6.92 Å². The number of H-pyrrole nitrogens is 1. The molecule has 0 atom stereocenters. The highest BCUT2D eigenvalue weighted by Gasteiger charge is 2.28. The highest BCUT2D eigenvalue weighted by Crippen LogP contribution is 2.36. The monoisotopic (exact) mass is 356 g/mol. The van der Waals surface area contributed by atoms with Crippen LogP contribution in [-0.2, 0) is 0 Å². The zero-order valence-corrected chi connectivity index (χ0v) is 13.3. The molecule has 0 saturated heterocycles. The van der Waals surface area contributed by atoms with Crippen LogP contribution >= 0.6 is 0 Å². The molecule has 1 aromatic carbocycles. The number of benzene rings is 1. The molecule has 26 heavy (non-hydrogen) atoms. The quantitative estimate of drug-likeness (QED) is 0.538. The summed E-state index contributed by atoms with van der Waals surface area (Å²) in [5, 5.41) is 22.7. The topological polar surface area (TPSA) is 172 Å². The number of nitrogens with two attached hydrogens (primary N) is 1. The molecular weight excluding hydrogens is 344 g/mol. The van der Waals surface area contributed by atoms with Crippen LogP contribution in [-0.4, -0.2) is 37.3 Å². The summed E-state index contributed by atoms with van der Waals surface area (Å²) in [7, 11) is 0. The van der Waals surface area contributed by atoms with E-state index in [9.17, 15) is 24.6 Å². The van der Waals surface area contributed by atoms with Crippen molar-refractivity contribution < 1.29 is 24.3 Å². The summed E-state index contributed by atoms with van der Waals surface area (Å²) in [5.74, 6) is -3.17. The number of hydrogen-bond acceptors (Lipinski definition) is 7. The van der Waals surface area contributed by atoms with E-state index in [1.54, 1.807) is 19.1 Å². The number of aryl methyl sites for hydroxylation is 1. The highest BCUT2D eigenvalue weighted by molar-refractivity contribution is 6.08. The van der Waals surface area contributed by atoms with Crippen molar-refractivity contribution in [3.63, 3.8) is 0 Å². The second-order valence-corrected chi connectivity index (χ2v) is 5.30. The fourth-order valence-electron chi connectivity index (χ4n) is 2.61. The van der Waals surface area contributed by atoms with E-state index in [-0.39, 0.29) is 22.6 Å². The van der Waals surface area contributed by atoms with Crippen molar-refractivity contribution >= 4 is 17.8 Å². The van der Waals surface area contributed by atoms with Gasteiger partial charge in [-0.25, -0.2) is 9.59 Å². The summed E-state index contributed by atoms with van der Waals surface area (Å²) in [5.41, 5.74) is 3.38. The van der Waals surface area contributed by atoms with Crippen LogP contribution in [0.5, 0.6) is 0 Å². The van der Waals surface area contributed by atoms with Gasteiger partial charge in [0.05, 0.1) is 0 Å². The number of nitrogens with zero attached hydrogens (tertiary/aromatic N) is 2. The van der Waals surface area contributed by atoms with Gasteiger partial charge in [-0.2, -0.15) is 4.98 Å². The number of nitrogen functional groups attached to an aromatic ring is 1. The van der Waals surface area contributed by atoms with Gasteiger partial charge in [0, 0.05) is 11.1 Å². The lowest BCUT2D eigenvalue weighted by molar-refractivity contribution is 0.0695. The molecule has 2 aromatic heterocycles. The molecule has 3 rings (SSSR count). The summed E-state index contributed by atoms with van der Waals surface area (Å²) in [6.45, 7) is 1.59. The number of carbonyl (C=O) groups is 2. The van der Waals surface area contributed by atoms with E-state index in [1.165, 1.54) is 12.1 Å². The molecule has 0 aliphatic heterocycles. The Bertz CT molecular complexity index is 1100. The lowest BCUT2D eigenvalue weighted by atomic mass is 9.92. The molecular formula is C16H12N4O6. The predicted molar refractivity (Wildman–Crippen MR) is 88.9 cm³/mol. The number of aromatic carboxylic acids is 2. The van der Waals surface area contributed by atoms with E-state index < -0.39 is 34.4 Å². The first-order valence-corrected chi connectivity index (χ1v) is 7.23. The molecule has 0 radical (unpaired) electrons. The third kappa shape index (κ3) is 2.69. The largest absolute Gasteiger partial charge is 0.478 e. The second-order valence-electron chi connectivity index (χ2n) is 5.30. The molecule has 0 spiro atoms. The van der Waals surface area contributed by atoms with Crippen LogP contribution in [0.3, 0.4) is 0 Å². The van der Waals surface area contributed by atoms with Gasteiger partial charge in [0.1, 0.15) is 16.9 Å². The van der Waals surface area contributed by atoms with E-state index >= 15 is 0 Å². The Morgan fingerprint density at radius 1 is 1.12 bits per heavy atom. The second kappa shape index (κ2) is 6.16. The van der Waals surface area contributed by atoms with Crippen molar-refractivity contribution in [3.8, 4) is 22.6 Å². The first-order valence-electron chi connectivity index (χ1n) is 7.23. The zero-order valence-electron chi connectivity index (χ0n) is 13.3. The van der Waals surface area contributed by atoms with Crippen molar-refractivity contribution in [1.82, 2.24) is 15.1 Å². The summed E-state index contributed by atoms with van der Waals surface area (Å²) in [6.07, 6.45) is 0. The number of carboxylic acid groups (broad SMARTS) is 2. The summed E-state index contributed by atoms with van der Waals surface area (Å²) >= 11 is 0.